The summed E-state index contributed by atoms with van der Waals surface area (Å²) in [7, 11) is 4.37. The van der Waals surface area contributed by atoms with E-state index in [1.807, 2.05) is 18.5 Å². The van der Waals surface area contributed by atoms with E-state index >= 15 is 0 Å². The number of hydrogen-bond acceptors (Lipinski definition) is 4. The second-order valence-corrected chi connectivity index (χ2v) is 5.81. The van der Waals surface area contributed by atoms with Crippen LogP contribution in [-0.4, -0.2) is 61.1 Å². The lowest BCUT2D eigenvalue weighted by Crippen LogP contribution is -2.35. The highest BCUT2D eigenvalue weighted by molar-refractivity contribution is 5.07. The monoisotopic (exact) mass is 262 g/mol. The summed E-state index contributed by atoms with van der Waals surface area (Å²) >= 11 is 0. The number of pyridine rings is 1. The van der Waals surface area contributed by atoms with Crippen LogP contribution in [0.3, 0.4) is 0 Å². The number of aromatic nitrogens is 1. The predicted molar refractivity (Wildman–Crippen MR) is 79.0 cm³/mol. The van der Waals surface area contributed by atoms with E-state index in [2.05, 4.69) is 47.2 Å². The Hall–Kier alpha value is -0.970. The van der Waals surface area contributed by atoms with Crippen LogP contribution in [0.15, 0.2) is 24.5 Å². The average Bonchev–Trinajstić information content (AvgIpc) is 2.77. The Kier molecular flexibility index (Phi) is 5.31. The smallest absolute Gasteiger partial charge is 0.0312 e. The topological polar surface area (TPSA) is 31.4 Å². The third kappa shape index (κ3) is 4.27. The third-order valence-corrected chi connectivity index (χ3v) is 3.97. The molecule has 0 aromatic carbocycles. The van der Waals surface area contributed by atoms with Crippen molar-refractivity contribution in [2.24, 2.45) is 5.92 Å². The van der Waals surface area contributed by atoms with E-state index in [9.17, 15) is 0 Å². The van der Waals surface area contributed by atoms with Crippen LogP contribution in [0.4, 0.5) is 0 Å². The van der Waals surface area contributed by atoms with Crippen molar-refractivity contribution in [3.8, 4) is 0 Å². The fourth-order valence-corrected chi connectivity index (χ4v) is 2.88. The zero-order valence-electron chi connectivity index (χ0n) is 12.3. The van der Waals surface area contributed by atoms with Gasteiger partial charge in [-0.15, -0.1) is 0 Å². The molecule has 0 radical (unpaired) electrons. The standard InChI is InChI=1S/C15H26N4/c1-13-11-19(12-15(13)18(2)3)8-7-17-10-14-5-4-6-16-9-14/h4-6,9,13,15,17H,7-8,10-12H2,1-3H3. The fourth-order valence-electron chi connectivity index (χ4n) is 2.88. The molecule has 1 saturated heterocycles. The number of likely N-dealkylation sites (tertiary alicyclic amines) is 1. The molecule has 1 aromatic rings. The zero-order chi connectivity index (χ0) is 13.7. The number of likely N-dealkylation sites (N-methyl/N-ethyl adjacent to an activating group) is 1. The van der Waals surface area contributed by atoms with Gasteiger partial charge in [0, 0.05) is 51.2 Å². The minimum absolute atomic E-state index is 0.707. The summed E-state index contributed by atoms with van der Waals surface area (Å²) in [5, 5.41) is 3.49. The van der Waals surface area contributed by atoms with Crippen molar-refractivity contribution in [3.63, 3.8) is 0 Å². The SMILES string of the molecule is CC1CN(CCNCc2cccnc2)CC1N(C)C. The van der Waals surface area contributed by atoms with Crippen molar-refractivity contribution in [2.45, 2.75) is 19.5 Å². The molecule has 2 heterocycles. The first kappa shape index (κ1) is 14.4. The number of nitrogens with zero attached hydrogens (tertiary/aromatic N) is 3. The van der Waals surface area contributed by atoms with Crippen LogP contribution >= 0.6 is 0 Å². The molecule has 0 spiro atoms. The first-order chi connectivity index (χ1) is 9.16. The molecular weight excluding hydrogens is 236 g/mol. The van der Waals surface area contributed by atoms with Gasteiger partial charge in [0.25, 0.3) is 0 Å². The van der Waals surface area contributed by atoms with Gasteiger partial charge in [0.2, 0.25) is 0 Å². The van der Waals surface area contributed by atoms with Crippen molar-refractivity contribution in [2.75, 3.05) is 40.3 Å². The maximum absolute atomic E-state index is 4.12. The molecule has 19 heavy (non-hydrogen) atoms. The Labute approximate surface area is 116 Å². The van der Waals surface area contributed by atoms with Crippen molar-refractivity contribution in [1.29, 1.82) is 0 Å². The molecule has 1 N–H and O–H groups in total. The molecule has 1 aromatic heterocycles. The average molecular weight is 262 g/mol. The summed E-state index contributed by atoms with van der Waals surface area (Å²) in [6.07, 6.45) is 3.74. The molecule has 2 atom stereocenters. The Bertz CT molecular complexity index is 366. The van der Waals surface area contributed by atoms with E-state index in [0.717, 1.165) is 25.6 Å². The van der Waals surface area contributed by atoms with Crippen LogP contribution < -0.4 is 5.32 Å². The van der Waals surface area contributed by atoms with Gasteiger partial charge in [-0.3, -0.25) is 4.98 Å². The molecular formula is C15H26N4. The van der Waals surface area contributed by atoms with Crippen LogP contribution in [0.2, 0.25) is 0 Å². The van der Waals surface area contributed by atoms with Gasteiger partial charge >= 0.3 is 0 Å². The summed E-state index contributed by atoms with van der Waals surface area (Å²) < 4.78 is 0. The van der Waals surface area contributed by atoms with Gasteiger partial charge in [-0.25, -0.2) is 0 Å². The maximum atomic E-state index is 4.12. The number of hydrogen-bond donors (Lipinski definition) is 1. The van der Waals surface area contributed by atoms with E-state index in [0.29, 0.717) is 6.04 Å². The van der Waals surface area contributed by atoms with Gasteiger partial charge in [-0.05, 0) is 31.6 Å². The minimum Gasteiger partial charge on any atom is -0.311 e. The summed E-state index contributed by atoms with van der Waals surface area (Å²) in [6.45, 7) is 7.86. The lowest BCUT2D eigenvalue weighted by atomic mass is 10.1. The molecule has 0 saturated carbocycles. The van der Waals surface area contributed by atoms with Crippen molar-refractivity contribution >= 4 is 0 Å². The Morgan fingerprint density at radius 1 is 1.42 bits per heavy atom. The normalized spacial score (nSPS) is 24.2. The first-order valence-corrected chi connectivity index (χ1v) is 7.15. The first-order valence-electron chi connectivity index (χ1n) is 7.15. The number of rotatable bonds is 6. The molecule has 4 heteroatoms. The van der Waals surface area contributed by atoms with Crippen LogP contribution in [0.25, 0.3) is 0 Å². The van der Waals surface area contributed by atoms with E-state index in [4.69, 9.17) is 0 Å². The summed E-state index contributed by atoms with van der Waals surface area (Å²) in [6, 6.07) is 4.80. The van der Waals surface area contributed by atoms with Crippen LogP contribution in [0, 0.1) is 5.92 Å². The highest BCUT2D eigenvalue weighted by atomic mass is 15.2. The van der Waals surface area contributed by atoms with E-state index < -0.39 is 0 Å². The molecule has 4 nitrogen and oxygen atoms in total. The van der Waals surface area contributed by atoms with E-state index in [1.54, 1.807) is 0 Å². The second-order valence-electron chi connectivity index (χ2n) is 5.81. The van der Waals surface area contributed by atoms with Crippen LogP contribution in [0.5, 0.6) is 0 Å². The second kappa shape index (κ2) is 6.98. The van der Waals surface area contributed by atoms with Crippen molar-refractivity contribution < 1.29 is 0 Å². The van der Waals surface area contributed by atoms with Gasteiger partial charge in [-0.1, -0.05) is 13.0 Å². The van der Waals surface area contributed by atoms with Crippen LogP contribution in [0.1, 0.15) is 12.5 Å². The molecule has 1 fully saturated rings. The highest BCUT2D eigenvalue weighted by Crippen LogP contribution is 2.19. The lowest BCUT2D eigenvalue weighted by Gasteiger charge is -2.22. The Balaban J connectivity index is 1.64. The molecule has 0 amide bonds. The largest absolute Gasteiger partial charge is 0.311 e. The summed E-state index contributed by atoms with van der Waals surface area (Å²) in [5.74, 6) is 0.772. The molecule has 106 valence electrons. The van der Waals surface area contributed by atoms with Gasteiger partial charge in [0.1, 0.15) is 0 Å². The van der Waals surface area contributed by atoms with Gasteiger partial charge in [0.05, 0.1) is 0 Å². The summed E-state index contributed by atoms with van der Waals surface area (Å²) in [5.41, 5.74) is 1.25. The lowest BCUT2D eigenvalue weighted by molar-refractivity contribution is 0.252. The molecule has 0 aliphatic carbocycles. The molecule has 0 bridgehead atoms. The van der Waals surface area contributed by atoms with Crippen LogP contribution in [-0.2, 0) is 6.54 Å². The summed E-state index contributed by atoms with van der Waals surface area (Å²) in [4.78, 5) is 9.04. The highest BCUT2D eigenvalue weighted by Gasteiger charge is 2.30. The van der Waals surface area contributed by atoms with E-state index in [1.165, 1.54) is 18.7 Å². The molecule has 2 unspecified atom stereocenters. The Morgan fingerprint density at radius 2 is 2.26 bits per heavy atom. The fraction of sp³-hybridized carbons (Fsp3) is 0.667. The van der Waals surface area contributed by atoms with Gasteiger partial charge < -0.3 is 15.1 Å². The van der Waals surface area contributed by atoms with E-state index in [-0.39, 0.29) is 0 Å². The number of nitrogens with one attached hydrogen (secondary N) is 1. The quantitative estimate of drug-likeness (QED) is 0.777. The van der Waals surface area contributed by atoms with Gasteiger partial charge in [-0.2, -0.15) is 0 Å². The molecule has 1 aliphatic rings. The molecule has 2 rings (SSSR count). The third-order valence-electron chi connectivity index (χ3n) is 3.97. The van der Waals surface area contributed by atoms with Gasteiger partial charge in [0.15, 0.2) is 0 Å². The zero-order valence-corrected chi connectivity index (χ0v) is 12.3. The van der Waals surface area contributed by atoms with Crippen molar-refractivity contribution in [1.82, 2.24) is 20.1 Å². The minimum atomic E-state index is 0.707. The maximum Gasteiger partial charge on any atom is 0.0312 e. The molecule has 1 aliphatic heterocycles. The predicted octanol–water partition coefficient (Wildman–Crippen LogP) is 1.05. The van der Waals surface area contributed by atoms with Crippen molar-refractivity contribution in [3.05, 3.63) is 30.1 Å². The Morgan fingerprint density at radius 3 is 2.89 bits per heavy atom.